The SMILES string of the molecule is C[C@]12C[C@@H](COc3ccc4c(n3)OCO4)[C@](C)(O1)c1c2c(O)n(-c2ccc(C#N)c(C(F)(F)F)c2)c1O. The predicted molar refractivity (Wildman–Crippen MR) is 119 cm³/mol. The lowest BCUT2D eigenvalue weighted by Gasteiger charge is -2.29. The van der Waals surface area contributed by atoms with Crippen molar-refractivity contribution in [3.05, 3.63) is 52.6 Å². The van der Waals surface area contributed by atoms with Gasteiger partial charge in [0.05, 0.1) is 46.2 Å². The van der Waals surface area contributed by atoms with Crippen LogP contribution in [0.25, 0.3) is 5.69 Å². The van der Waals surface area contributed by atoms with Crippen molar-refractivity contribution < 1.29 is 42.3 Å². The molecule has 0 amide bonds. The lowest BCUT2D eigenvalue weighted by Crippen LogP contribution is -2.32. The Morgan fingerprint density at radius 3 is 2.65 bits per heavy atom. The summed E-state index contributed by atoms with van der Waals surface area (Å²) in [7, 11) is 0. The quantitative estimate of drug-likeness (QED) is 0.523. The zero-order valence-electron chi connectivity index (χ0n) is 19.6. The van der Waals surface area contributed by atoms with Crippen molar-refractivity contribution in [1.82, 2.24) is 9.55 Å². The van der Waals surface area contributed by atoms with E-state index in [1.54, 1.807) is 26.0 Å². The van der Waals surface area contributed by atoms with Crippen molar-refractivity contribution >= 4 is 0 Å². The Morgan fingerprint density at radius 1 is 1.16 bits per heavy atom. The summed E-state index contributed by atoms with van der Waals surface area (Å²) < 4.78 is 64.3. The molecule has 0 saturated carbocycles. The number of alkyl halides is 3. The third-order valence-corrected chi connectivity index (χ3v) is 7.33. The Hall–Kier alpha value is -4.11. The van der Waals surface area contributed by atoms with Crippen LogP contribution < -0.4 is 14.2 Å². The summed E-state index contributed by atoms with van der Waals surface area (Å²) in [5.41, 5.74) is -3.41. The average molecular weight is 515 g/mol. The van der Waals surface area contributed by atoms with E-state index in [0.29, 0.717) is 29.5 Å². The summed E-state index contributed by atoms with van der Waals surface area (Å²) in [4.78, 5) is 4.26. The number of rotatable bonds is 4. The van der Waals surface area contributed by atoms with Crippen molar-refractivity contribution in [2.45, 2.75) is 37.6 Å². The highest BCUT2D eigenvalue weighted by atomic mass is 19.4. The minimum absolute atomic E-state index is 0.0743. The Morgan fingerprint density at radius 2 is 1.92 bits per heavy atom. The van der Waals surface area contributed by atoms with E-state index in [2.05, 4.69) is 4.98 Å². The van der Waals surface area contributed by atoms with Gasteiger partial charge in [0.2, 0.25) is 24.4 Å². The number of nitrogens with zero attached hydrogens (tertiary/aromatic N) is 3. The standard InChI is InChI=1S/C25H20F3N3O6/c1-23-8-13(10-34-17-6-5-16-20(30-17)36-11-35-16)24(2,37-23)19-18(23)21(32)31(22(19)33)14-4-3-12(9-29)15(7-14)25(26,27)28/h3-7,13,32-33H,8,10-11H2,1-2H3/t13-,23+,24-/m0/s1. The van der Waals surface area contributed by atoms with Gasteiger partial charge in [-0.1, -0.05) is 0 Å². The van der Waals surface area contributed by atoms with E-state index in [-0.39, 0.29) is 30.6 Å². The van der Waals surface area contributed by atoms with E-state index in [9.17, 15) is 23.4 Å². The van der Waals surface area contributed by atoms with E-state index in [1.807, 2.05) is 0 Å². The van der Waals surface area contributed by atoms with Crippen molar-refractivity contribution in [3.63, 3.8) is 0 Å². The monoisotopic (exact) mass is 515 g/mol. The van der Waals surface area contributed by atoms with Gasteiger partial charge in [-0.3, -0.25) is 4.57 Å². The molecule has 2 N–H and O–H groups in total. The first-order valence-electron chi connectivity index (χ1n) is 11.3. The van der Waals surface area contributed by atoms with Gasteiger partial charge in [0.15, 0.2) is 5.75 Å². The lowest BCUT2D eigenvalue weighted by molar-refractivity contribution is -0.137. The number of pyridine rings is 1. The molecule has 2 aromatic heterocycles. The third-order valence-electron chi connectivity index (χ3n) is 7.33. The summed E-state index contributed by atoms with van der Waals surface area (Å²) in [5.74, 6) is -0.0100. The van der Waals surface area contributed by atoms with Gasteiger partial charge in [0, 0.05) is 12.0 Å². The number of fused-ring (bicyclic) bond motifs is 6. The summed E-state index contributed by atoms with van der Waals surface area (Å²) >= 11 is 0. The largest absolute Gasteiger partial charge is 0.494 e. The molecule has 1 fully saturated rings. The van der Waals surface area contributed by atoms with Crippen LogP contribution >= 0.6 is 0 Å². The highest BCUT2D eigenvalue weighted by Gasteiger charge is 2.64. The van der Waals surface area contributed by atoms with Gasteiger partial charge < -0.3 is 29.2 Å². The molecule has 192 valence electrons. The molecule has 37 heavy (non-hydrogen) atoms. The molecule has 2 bridgehead atoms. The topological polar surface area (TPSA) is 119 Å². The molecule has 12 heteroatoms. The van der Waals surface area contributed by atoms with Crippen molar-refractivity contribution in [2.75, 3.05) is 13.4 Å². The van der Waals surface area contributed by atoms with Crippen LogP contribution in [0.1, 0.15) is 42.5 Å². The van der Waals surface area contributed by atoms with E-state index < -0.39 is 40.3 Å². The minimum atomic E-state index is -4.80. The van der Waals surface area contributed by atoms with Crippen molar-refractivity contribution in [3.8, 4) is 41.0 Å². The summed E-state index contributed by atoms with van der Waals surface area (Å²) in [6.45, 7) is 3.72. The Bertz CT molecular complexity index is 1500. The van der Waals surface area contributed by atoms with E-state index in [0.717, 1.165) is 16.7 Å². The maximum atomic E-state index is 13.6. The molecule has 0 radical (unpaired) electrons. The van der Waals surface area contributed by atoms with Gasteiger partial charge in [-0.2, -0.15) is 23.4 Å². The molecule has 3 aliphatic heterocycles. The molecule has 3 aliphatic rings. The fourth-order valence-electron chi connectivity index (χ4n) is 5.69. The molecule has 0 spiro atoms. The molecule has 0 unspecified atom stereocenters. The van der Waals surface area contributed by atoms with Crippen molar-refractivity contribution in [2.24, 2.45) is 5.92 Å². The second kappa shape index (κ2) is 7.45. The zero-order valence-corrected chi connectivity index (χ0v) is 19.6. The summed E-state index contributed by atoms with van der Waals surface area (Å²) in [6.07, 6.45) is -4.38. The van der Waals surface area contributed by atoms with Gasteiger partial charge in [-0.05, 0) is 44.5 Å². The first kappa shape index (κ1) is 23.3. The molecule has 0 aliphatic carbocycles. The first-order valence-corrected chi connectivity index (χ1v) is 11.3. The molecule has 3 aromatic rings. The second-order valence-corrected chi connectivity index (χ2v) is 9.58. The van der Waals surface area contributed by atoms with Crippen molar-refractivity contribution in [1.29, 1.82) is 5.26 Å². The number of halogens is 3. The van der Waals surface area contributed by atoms with Crippen LogP contribution in [0.5, 0.6) is 29.3 Å². The fraction of sp³-hybridized carbons (Fsp3) is 0.360. The molecule has 1 aromatic carbocycles. The van der Waals surface area contributed by atoms with Gasteiger partial charge in [0.1, 0.15) is 5.60 Å². The highest BCUT2D eigenvalue weighted by Crippen LogP contribution is 2.66. The molecule has 3 atom stereocenters. The molecule has 9 nitrogen and oxygen atoms in total. The molecular weight excluding hydrogens is 495 g/mol. The van der Waals surface area contributed by atoms with Crippen LogP contribution in [-0.2, 0) is 22.1 Å². The fourth-order valence-corrected chi connectivity index (χ4v) is 5.69. The third kappa shape index (κ3) is 3.23. The normalized spacial score (nSPS) is 25.2. The Labute approximate surface area is 208 Å². The molecule has 6 rings (SSSR count). The number of nitriles is 1. The average Bonchev–Trinajstić information content (AvgIpc) is 3.54. The summed E-state index contributed by atoms with van der Waals surface area (Å²) in [5, 5.41) is 31.4. The number of benzene rings is 1. The van der Waals surface area contributed by atoms with Gasteiger partial charge in [0.25, 0.3) is 5.88 Å². The lowest BCUT2D eigenvalue weighted by atomic mass is 9.73. The Kier molecular flexibility index (Phi) is 4.69. The Balaban J connectivity index is 1.36. The molecule has 5 heterocycles. The molecule has 1 saturated heterocycles. The predicted octanol–water partition coefficient (Wildman–Crippen LogP) is 4.46. The van der Waals surface area contributed by atoms with Crippen LogP contribution in [0.15, 0.2) is 30.3 Å². The van der Waals surface area contributed by atoms with E-state index in [1.165, 1.54) is 12.1 Å². The smallest absolute Gasteiger partial charge is 0.417 e. The second-order valence-electron chi connectivity index (χ2n) is 9.58. The van der Waals surface area contributed by atoms with Crippen LogP contribution in [0.2, 0.25) is 0 Å². The number of aromatic nitrogens is 2. The van der Waals surface area contributed by atoms with Crippen LogP contribution in [0, 0.1) is 17.2 Å². The number of hydrogen-bond donors (Lipinski definition) is 2. The maximum absolute atomic E-state index is 13.6. The number of aromatic hydroxyl groups is 2. The zero-order chi connectivity index (χ0) is 26.3. The number of hydrogen-bond acceptors (Lipinski definition) is 8. The van der Waals surface area contributed by atoms with Gasteiger partial charge in [-0.15, -0.1) is 0 Å². The van der Waals surface area contributed by atoms with Crippen LogP contribution in [0.3, 0.4) is 0 Å². The minimum Gasteiger partial charge on any atom is -0.494 e. The van der Waals surface area contributed by atoms with E-state index >= 15 is 0 Å². The highest BCUT2D eigenvalue weighted by molar-refractivity contribution is 5.62. The van der Waals surface area contributed by atoms with Crippen LogP contribution in [0.4, 0.5) is 13.2 Å². The van der Waals surface area contributed by atoms with Gasteiger partial charge >= 0.3 is 6.18 Å². The molecular formula is C25H20F3N3O6. The maximum Gasteiger partial charge on any atom is 0.417 e. The number of ether oxygens (including phenoxy) is 4. The van der Waals surface area contributed by atoms with E-state index in [4.69, 9.17) is 24.2 Å². The summed E-state index contributed by atoms with van der Waals surface area (Å²) in [6, 6.07) is 7.82. The first-order chi connectivity index (χ1) is 17.5. The van der Waals surface area contributed by atoms with Crippen LogP contribution in [-0.4, -0.2) is 33.2 Å². The van der Waals surface area contributed by atoms with Gasteiger partial charge in [-0.25, -0.2) is 0 Å².